The highest BCUT2D eigenvalue weighted by molar-refractivity contribution is 9.10. The Morgan fingerprint density at radius 2 is 2.00 bits per heavy atom. The Morgan fingerprint density at radius 1 is 1.33 bits per heavy atom. The topological polar surface area (TPSA) is 30.9 Å². The molecule has 0 saturated carbocycles. The highest BCUT2D eigenvalue weighted by Crippen LogP contribution is 2.37. The van der Waals surface area contributed by atoms with Crippen molar-refractivity contribution in [2.75, 3.05) is 6.54 Å². The Kier molecular flexibility index (Phi) is 3.56. The Morgan fingerprint density at radius 3 is 2.61 bits per heavy atom. The Balaban J connectivity index is 2.75. The van der Waals surface area contributed by atoms with Crippen LogP contribution < -0.4 is 5.73 Å². The number of nitrogens with two attached hydrogens (primary N) is 1. The van der Waals surface area contributed by atoms with Crippen LogP contribution in [0.15, 0.2) is 22.7 Å². The summed E-state index contributed by atoms with van der Waals surface area (Å²) < 4.78 is 3.40. The Bertz CT molecular complexity index is 582. The molecule has 0 amide bonds. The summed E-state index contributed by atoms with van der Waals surface area (Å²) in [6, 6.07) is 6.51. The molecule has 1 heterocycles. The van der Waals surface area contributed by atoms with Gasteiger partial charge in [-0.1, -0.05) is 35.8 Å². The molecule has 0 atom stereocenters. The summed E-state index contributed by atoms with van der Waals surface area (Å²) in [6.07, 6.45) is 1.00. The normalized spacial score (nSPS) is 12.3. The Labute approximate surface area is 117 Å². The summed E-state index contributed by atoms with van der Waals surface area (Å²) in [5.41, 5.74) is 9.92. The molecule has 98 valence electrons. The highest BCUT2D eigenvalue weighted by Gasteiger charge is 2.26. The molecular formula is C15H21BrN2. The van der Waals surface area contributed by atoms with Crippen LogP contribution in [0.1, 0.15) is 31.5 Å². The number of aromatic nitrogens is 1. The molecule has 0 aliphatic heterocycles. The van der Waals surface area contributed by atoms with Gasteiger partial charge in [-0.05, 0) is 43.0 Å². The lowest BCUT2D eigenvalue weighted by atomic mass is 9.80. The van der Waals surface area contributed by atoms with Crippen LogP contribution in [0.4, 0.5) is 0 Å². The standard InChI is InChI=1S/C15H21BrN2/c1-10-14(15(2,3)7-8-17)12-6-5-11(16)9-13(12)18(10)4/h5-6,9H,7-8,17H2,1-4H3. The molecule has 2 rings (SSSR count). The summed E-state index contributed by atoms with van der Waals surface area (Å²) in [5.74, 6) is 0. The zero-order chi connectivity index (χ0) is 13.5. The maximum Gasteiger partial charge on any atom is 0.0494 e. The number of aryl methyl sites for hydroxylation is 1. The molecule has 0 saturated heterocycles. The number of nitrogens with zero attached hydrogens (tertiary/aromatic N) is 1. The van der Waals surface area contributed by atoms with Crippen LogP contribution in [0.25, 0.3) is 10.9 Å². The van der Waals surface area contributed by atoms with Gasteiger partial charge in [0, 0.05) is 28.1 Å². The third-order valence-electron chi connectivity index (χ3n) is 3.90. The molecule has 18 heavy (non-hydrogen) atoms. The van der Waals surface area contributed by atoms with E-state index in [9.17, 15) is 0 Å². The average Bonchev–Trinajstić information content (AvgIpc) is 2.53. The first-order valence-corrected chi connectivity index (χ1v) is 7.13. The fourth-order valence-electron chi connectivity index (χ4n) is 2.88. The van der Waals surface area contributed by atoms with Crippen molar-refractivity contribution >= 4 is 26.8 Å². The number of hydrogen-bond acceptors (Lipinski definition) is 1. The minimum Gasteiger partial charge on any atom is -0.348 e. The lowest BCUT2D eigenvalue weighted by Gasteiger charge is -2.25. The van der Waals surface area contributed by atoms with Gasteiger partial charge in [-0.15, -0.1) is 0 Å². The molecule has 2 aromatic rings. The van der Waals surface area contributed by atoms with E-state index in [1.54, 1.807) is 0 Å². The second kappa shape index (κ2) is 4.71. The van der Waals surface area contributed by atoms with E-state index in [1.165, 1.54) is 22.2 Å². The van der Waals surface area contributed by atoms with E-state index in [0.717, 1.165) is 17.4 Å². The second-order valence-corrected chi connectivity index (χ2v) is 6.52. The van der Waals surface area contributed by atoms with E-state index in [2.05, 4.69) is 66.5 Å². The van der Waals surface area contributed by atoms with Crippen molar-refractivity contribution in [2.24, 2.45) is 12.8 Å². The van der Waals surface area contributed by atoms with Gasteiger partial charge in [0.1, 0.15) is 0 Å². The first-order chi connectivity index (χ1) is 8.38. The van der Waals surface area contributed by atoms with Gasteiger partial charge in [-0.2, -0.15) is 0 Å². The molecule has 1 aromatic carbocycles. The Hall–Kier alpha value is -0.800. The molecule has 0 spiro atoms. The van der Waals surface area contributed by atoms with Gasteiger partial charge >= 0.3 is 0 Å². The van der Waals surface area contributed by atoms with Gasteiger partial charge in [-0.25, -0.2) is 0 Å². The molecule has 3 heteroatoms. The first kappa shape index (κ1) is 13.6. The number of halogens is 1. The molecule has 2 nitrogen and oxygen atoms in total. The SMILES string of the molecule is Cc1c(C(C)(C)CCN)c2ccc(Br)cc2n1C. The van der Waals surface area contributed by atoms with Crippen LogP contribution in [-0.2, 0) is 12.5 Å². The van der Waals surface area contributed by atoms with E-state index in [4.69, 9.17) is 5.73 Å². The number of fused-ring (bicyclic) bond motifs is 1. The zero-order valence-corrected chi connectivity index (χ0v) is 13.1. The van der Waals surface area contributed by atoms with E-state index >= 15 is 0 Å². The fourth-order valence-corrected chi connectivity index (χ4v) is 3.23. The van der Waals surface area contributed by atoms with Gasteiger partial charge in [0.25, 0.3) is 0 Å². The average molecular weight is 309 g/mol. The number of rotatable bonds is 3. The minimum absolute atomic E-state index is 0.117. The van der Waals surface area contributed by atoms with Crippen LogP contribution >= 0.6 is 15.9 Å². The third kappa shape index (κ3) is 2.10. The summed E-state index contributed by atoms with van der Waals surface area (Å²) in [6.45, 7) is 7.48. The summed E-state index contributed by atoms with van der Waals surface area (Å²) >= 11 is 3.55. The van der Waals surface area contributed by atoms with Gasteiger partial charge in [-0.3, -0.25) is 0 Å². The van der Waals surface area contributed by atoms with Crippen molar-refractivity contribution in [1.29, 1.82) is 0 Å². The molecule has 0 bridgehead atoms. The van der Waals surface area contributed by atoms with Crippen molar-refractivity contribution in [3.8, 4) is 0 Å². The molecular weight excluding hydrogens is 288 g/mol. The monoisotopic (exact) mass is 308 g/mol. The molecule has 0 aliphatic carbocycles. The van der Waals surface area contributed by atoms with Crippen molar-refractivity contribution in [1.82, 2.24) is 4.57 Å². The maximum absolute atomic E-state index is 5.76. The molecule has 0 unspecified atom stereocenters. The zero-order valence-electron chi connectivity index (χ0n) is 11.5. The minimum atomic E-state index is 0.117. The van der Waals surface area contributed by atoms with Crippen molar-refractivity contribution in [2.45, 2.75) is 32.6 Å². The molecule has 0 fully saturated rings. The summed E-state index contributed by atoms with van der Waals surface area (Å²) in [4.78, 5) is 0. The van der Waals surface area contributed by atoms with Crippen LogP contribution in [0.5, 0.6) is 0 Å². The van der Waals surface area contributed by atoms with Gasteiger partial charge in [0.15, 0.2) is 0 Å². The number of benzene rings is 1. The maximum atomic E-state index is 5.76. The highest BCUT2D eigenvalue weighted by atomic mass is 79.9. The summed E-state index contributed by atoms with van der Waals surface area (Å²) in [5, 5.41) is 1.34. The van der Waals surface area contributed by atoms with Crippen LogP contribution in [-0.4, -0.2) is 11.1 Å². The lowest BCUT2D eigenvalue weighted by Crippen LogP contribution is -2.22. The van der Waals surface area contributed by atoms with Crippen molar-refractivity contribution < 1.29 is 0 Å². The van der Waals surface area contributed by atoms with E-state index < -0.39 is 0 Å². The van der Waals surface area contributed by atoms with Gasteiger partial charge in [0.2, 0.25) is 0 Å². The van der Waals surface area contributed by atoms with Crippen LogP contribution in [0, 0.1) is 6.92 Å². The molecule has 0 radical (unpaired) electrons. The second-order valence-electron chi connectivity index (χ2n) is 5.60. The molecule has 2 N–H and O–H groups in total. The lowest BCUT2D eigenvalue weighted by molar-refractivity contribution is 0.487. The predicted molar refractivity (Wildman–Crippen MR) is 82.1 cm³/mol. The molecule has 1 aromatic heterocycles. The van der Waals surface area contributed by atoms with E-state index in [0.29, 0.717) is 0 Å². The van der Waals surface area contributed by atoms with E-state index in [1.807, 2.05) is 0 Å². The largest absolute Gasteiger partial charge is 0.348 e. The number of hydrogen-bond donors (Lipinski definition) is 1. The van der Waals surface area contributed by atoms with Crippen molar-refractivity contribution in [3.05, 3.63) is 33.9 Å². The fraction of sp³-hybridized carbons (Fsp3) is 0.467. The van der Waals surface area contributed by atoms with Gasteiger partial charge < -0.3 is 10.3 Å². The summed E-state index contributed by atoms with van der Waals surface area (Å²) in [7, 11) is 2.13. The quantitative estimate of drug-likeness (QED) is 0.916. The van der Waals surface area contributed by atoms with Gasteiger partial charge in [0.05, 0.1) is 0 Å². The van der Waals surface area contributed by atoms with Crippen molar-refractivity contribution in [3.63, 3.8) is 0 Å². The predicted octanol–water partition coefficient (Wildman–Crippen LogP) is 3.88. The third-order valence-corrected chi connectivity index (χ3v) is 4.39. The van der Waals surface area contributed by atoms with Crippen LogP contribution in [0.2, 0.25) is 0 Å². The van der Waals surface area contributed by atoms with E-state index in [-0.39, 0.29) is 5.41 Å². The van der Waals surface area contributed by atoms with Crippen LogP contribution in [0.3, 0.4) is 0 Å². The first-order valence-electron chi connectivity index (χ1n) is 6.33. The smallest absolute Gasteiger partial charge is 0.0494 e. The molecule has 0 aliphatic rings.